The molecule has 8 nitrogen and oxygen atoms in total. The summed E-state index contributed by atoms with van der Waals surface area (Å²) in [4.78, 5) is 20.4. The zero-order chi connectivity index (χ0) is 24.5. The maximum Gasteiger partial charge on any atom is 0.410 e. The molecular formula is C26H32N6O2S. The van der Waals surface area contributed by atoms with Gasteiger partial charge in [-0.15, -0.1) is 0 Å². The highest BCUT2D eigenvalue weighted by molar-refractivity contribution is 7.19. The monoisotopic (exact) mass is 492 g/mol. The quantitative estimate of drug-likeness (QED) is 0.367. The third kappa shape index (κ3) is 4.09. The summed E-state index contributed by atoms with van der Waals surface area (Å²) in [6.07, 6.45) is 8.32. The number of aromatic nitrogens is 5. The van der Waals surface area contributed by atoms with Crippen LogP contribution in [0.5, 0.6) is 0 Å². The average Bonchev–Trinajstić information content (AvgIpc) is 3.55. The first-order chi connectivity index (χ1) is 16.6. The first-order valence-corrected chi connectivity index (χ1v) is 13.2. The number of imidazole rings is 1. The zero-order valence-electron chi connectivity index (χ0n) is 21.0. The number of aryl methyl sites for hydroxylation is 2. The van der Waals surface area contributed by atoms with E-state index < -0.39 is 5.60 Å². The minimum absolute atomic E-state index is 0.184. The highest BCUT2D eigenvalue weighted by Gasteiger charge is 2.46. The molecule has 1 aromatic carbocycles. The summed E-state index contributed by atoms with van der Waals surface area (Å²) < 4.78 is 9.40. The molecule has 1 aliphatic heterocycles. The molecule has 4 aromatic rings. The van der Waals surface area contributed by atoms with Crippen molar-refractivity contribution in [3.63, 3.8) is 0 Å². The molecule has 1 saturated heterocycles. The summed E-state index contributed by atoms with van der Waals surface area (Å²) in [5, 5.41) is 11.5. The molecule has 1 amide bonds. The van der Waals surface area contributed by atoms with E-state index in [0.717, 1.165) is 76.5 Å². The van der Waals surface area contributed by atoms with Gasteiger partial charge in [-0.3, -0.25) is 4.68 Å². The molecule has 0 bridgehead atoms. The molecule has 35 heavy (non-hydrogen) atoms. The Bertz CT molecular complexity index is 1410. The largest absolute Gasteiger partial charge is 0.444 e. The van der Waals surface area contributed by atoms with Crippen molar-refractivity contribution in [3.8, 4) is 10.6 Å². The van der Waals surface area contributed by atoms with Crippen molar-refractivity contribution in [2.45, 2.75) is 64.9 Å². The van der Waals surface area contributed by atoms with Gasteiger partial charge >= 0.3 is 6.09 Å². The van der Waals surface area contributed by atoms with Crippen molar-refractivity contribution in [3.05, 3.63) is 35.8 Å². The minimum Gasteiger partial charge on any atom is -0.444 e. The van der Waals surface area contributed by atoms with Crippen molar-refractivity contribution < 1.29 is 9.53 Å². The molecule has 1 aliphatic carbocycles. The summed E-state index contributed by atoms with van der Waals surface area (Å²) in [5.41, 5.74) is 4.15. The van der Waals surface area contributed by atoms with E-state index in [1.54, 1.807) is 11.3 Å². The Kier molecular flexibility index (Phi) is 5.01. The number of amides is 1. The van der Waals surface area contributed by atoms with Gasteiger partial charge in [0.25, 0.3) is 0 Å². The second-order valence-corrected chi connectivity index (χ2v) is 12.4. The summed E-state index contributed by atoms with van der Waals surface area (Å²) >= 11 is 1.63. The first kappa shape index (κ1) is 22.5. The predicted octanol–water partition coefficient (Wildman–Crippen LogP) is 5.55. The zero-order valence-corrected chi connectivity index (χ0v) is 21.9. The molecule has 2 aliphatic rings. The van der Waals surface area contributed by atoms with Crippen LogP contribution in [0, 0.1) is 12.3 Å². The molecule has 0 unspecified atom stereocenters. The molecule has 3 aromatic heterocycles. The van der Waals surface area contributed by atoms with E-state index in [9.17, 15) is 4.79 Å². The van der Waals surface area contributed by atoms with Crippen LogP contribution < -0.4 is 0 Å². The smallest absolute Gasteiger partial charge is 0.410 e. The van der Waals surface area contributed by atoms with Crippen LogP contribution in [-0.4, -0.2) is 54.1 Å². The Morgan fingerprint density at radius 2 is 2.03 bits per heavy atom. The number of ether oxygens (including phenoxy) is 1. The molecule has 0 radical (unpaired) electrons. The molecule has 2 fully saturated rings. The van der Waals surface area contributed by atoms with Gasteiger partial charge in [0.05, 0.1) is 17.4 Å². The van der Waals surface area contributed by atoms with E-state index in [0.29, 0.717) is 5.92 Å². The summed E-state index contributed by atoms with van der Waals surface area (Å²) in [6.45, 7) is 9.43. The Labute approximate surface area is 208 Å². The van der Waals surface area contributed by atoms with E-state index >= 15 is 0 Å². The van der Waals surface area contributed by atoms with Gasteiger partial charge < -0.3 is 9.64 Å². The van der Waals surface area contributed by atoms with Crippen molar-refractivity contribution in [1.82, 2.24) is 29.3 Å². The fourth-order valence-corrected chi connectivity index (χ4v) is 6.71. The van der Waals surface area contributed by atoms with Crippen LogP contribution in [-0.2, 0) is 11.8 Å². The van der Waals surface area contributed by atoms with Crippen LogP contribution in [0.2, 0.25) is 0 Å². The van der Waals surface area contributed by atoms with E-state index in [1.807, 2.05) is 48.1 Å². The lowest BCUT2D eigenvalue weighted by Crippen LogP contribution is -2.36. The normalized spacial score (nSPS) is 22.8. The molecule has 1 saturated carbocycles. The van der Waals surface area contributed by atoms with Crippen LogP contribution in [0.4, 0.5) is 4.79 Å². The van der Waals surface area contributed by atoms with Crippen LogP contribution in [0.3, 0.4) is 0 Å². The van der Waals surface area contributed by atoms with E-state index in [-0.39, 0.29) is 11.5 Å². The molecule has 2 atom stereocenters. The Morgan fingerprint density at radius 3 is 2.80 bits per heavy atom. The molecular weight excluding hydrogens is 460 g/mol. The van der Waals surface area contributed by atoms with Crippen LogP contribution in [0.1, 0.15) is 63.6 Å². The molecule has 0 N–H and O–H groups in total. The number of carbonyl (C=O) groups excluding carboxylic acids is 1. The van der Waals surface area contributed by atoms with Gasteiger partial charge in [-0.2, -0.15) is 10.2 Å². The second kappa shape index (κ2) is 7.78. The molecule has 9 heteroatoms. The lowest BCUT2D eigenvalue weighted by molar-refractivity contribution is 0.0273. The Hall–Kier alpha value is -2.94. The number of hydrogen-bond acceptors (Lipinski definition) is 6. The Morgan fingerprint density at radius 1 is 1.20 bits per heavy atom. The molecule has 4 heterocycles. The van der Waals surface area contributed by atoms with E-state index in [1.165, 1.54) is 0 Å². The topological polar surface area (TPSA) is 77.5 Å². The average molecular weight is 493 g/mol. The fraction of sp³-hybridized carbons (Fsp3) is 0.538. The minimum atomic E-state index is -0.457. The number of nitrogens with zero attached hydrogens (tertiary/aromatic N) is 6. The van der Waals surface area contributed by atoms with Crippen molar-refractivity contribution in [2.75, 3.05) is 13.1 Å². The van der Waals surface area contributed by atoms with Crippen LogP contribution in [0.25, 0.3) is 26.4 Å². The van der Waals surface area contributed by atoms with E-state index in [2.05, 4.69) is 30.4 Å². The molecule has 6 rings (SSSR count). The molecule has 184 valence electrons. The lowest BCUT2D eigenvalue weighted by atomic mass is 9.84. The number of hydrogen-bond donors (Lipinski definition) is 0. The van der Waals surface area contributed by atoms with Crippen LogP contribution >= 0.6 is 11.3 Å². The number of benzene rings is 1. The third-order valence-electron chi connectivity index (χ3n) is 7.43. The van der Waals surface area contributed by atoms with Gasteiger partial charge in [-0.1, -0.05) is 11.3 Å². The van der Waals surface area contributed by atoms with Crippen molar-refractivity contribution in [1.29, 1.82) is 0 Å². The van der Waals surface area contributed by atoms with Gasteiger partial charge in [0.2, 0.25) is 4.96 Å². The summed E-state index contributed by atoms with van der Waals surface area (Å²) in [7, 11) is 1.95. The van der Waals surface area contributed by atoms with Crippen molar-refractivity contribution >= 4 is 33.3 Å². The van der Waals surface area contributed by atoms with Gasteiger partial charge in [-0.05, 0) is 76.5 Å². The van der Waals surface area contributed by atoms with Crippen molar-refractivity contribution in [2.24, 2.45) is 12.5 Å². The molecule has 1 spiro atoms. The van der Waals surface area contributed by atoms with Gasteiger partial charge in [0.15, 0.2) is 0 Å². The van der Waals surface area contributed by atoms with Gasteiger partial charge in [0.1, 0.15) is 10.6 Å². The highest BCUT2D eigenvalue weighted by Crippen LogP contribution is 2.51. The summed E-state index contributed by atoms with van der Waals surface area (Å²) in [5.74, 6) is 0.417. The predicted molar refractivity (Wildman–Crippen MR) is 137 cm³/mol. The Balaban J connectivity index is 1.18. The number of carbonyl (C=O) groups is 1. The van der Waals surface area contributed by atoms with E-state index in [4.69, 9.17) is 14.8 Å². The number of likely N-dealkylation sites (tertiary alicyclic amines) is 1. The standard InChI is InChI=1S/C26H32N6O2S/c1-16-10-18(11-19-13-30(5)28-21(16)19)22-29-32-14-20(27-23(32)35-22)17-6-7-26(12-17)8-9-31(15-26)24(33)34-25(2,3)4/h10-11,13-14,17H,6-9,12,15H2,1-5H3/t17-,26+/m0/s1. The summed E-state index contributed by atoms with van der Waals surface area (Å²) in [6, 6.07) is 4.32. The maximum absolute atomic E-state index is 12.6. The number of fused-ring (bicyclic) bond motifs is 2. The third-order valence-corrected chi connectivity index (χ3v) is 8.40. The second-order valence-electron chi connectivity index (χ2n) is 11.4. The van der Waals surface area contributed by atoms with Gasteiger partial charge in [0, 0.05) is 43.2 Å². The number of rotatable bonds is 2. The highest BCUT2D eigenvalue weighted by atomic mass is 32.1. The maximum atomic E-state index is 12.6. The lowest BCUT2D eigenvalue weighted by Gasteiger charge is -2.27. The first-order valence-electron chi connectivity index (χ1n) is 12.4. The van der Waals surface area contributed by atoms with Gasteiger partial charge in [-0.25, -0.2) is 14.3 Å². The fourth-order valence-electron chi connectivity index (χ4n) is 5.83. The SMILES string of the molecule is Cc1cc(-c2nn3cc([C@H]4CC[C@@]5(CCN(C(=O)OC(C)(C)C)C5)C4)nc3s2)cc2cn(C)nc12. The van der Waals surface area contributed by atoms with Crippen LogP contribution in [0.15, 0.2) is 24.5 Å².